The molecular formula is C14H16BrN3. The lowest BCUT2D eigenvalue weighted by atomic mass is 9.94. The fourth-order valence-corrected chi connectivity index (χ4v) is 3.56. The minimum Gasteiger partial charge on any atom is -0.370 e. The van der Waals surface area contributed by atoms with Crippen LogP contribution in [0.15, 0.2) is 22.7 Å². The number of halogens is 1. The average molecular weight is 306 g/mol. The van der Waals surface area contributed by atoms with Gasteiger partial charge < -0.3 is 10.2 Å². The van der Waals surface area contributed by atoms with Crippen molar-refractivity contribution in [2.45, 2.75) is 18.9 Å². The molecule has 18 heavy (non-hydrogen) atoms. The molecule has 2 atom stereocenters. The molecule has 0 bridgehead atoms. The number of nitriles is 1. The smallest absolute Gasteiger partial charge is 0.0992 e. The van der Waals surface area contributed by atoms with Crippen LogP contribution in [0, 0.1) is 17.2 Å². The highest BCUT2D eigenvalue weighted by Crippen LogP contribution is 2.31. The van der Waals surface area contributed by atoms with Gasteiger partial charge in [-0.05, 0) is 43.5 Å². The molecule has 3 nitrogen and oxygen atoms in total. The molecule has 2 saturated heterocycles. The highest BCUT2D eigenvalue weighted by atomic mass is 79.9. The first-order chi connectivity index (χ1) is 8.76. The number of fused-ring (bicyclic) bond motifs is 1. The maximum atomic E-state index is 9.03. The molecule has 0 spiro atoms. The molecule has 0 aliphatic carbocycles. The van der Waals surface area contributed by atoms with Crippen LogP contribution >= 0.6 is 15.9 Å². The largest absolute Gasteiger partial charge is 0.370 e. The van der Waals surface area contributed by atoms with E-state index in [0.29, 0.717) is 6.04 Å². The lowest BCUT2D eigenvalue weighted by Gasteiger charge is -2.24. The van der Waals surface area contributed by atoms with Crippen LogP contribution in [0.3, 0.4) is 0 Å². The second kappa shape index (κ2) is 4.91. The summed E-state index contributed by atoms with van der Waals surface area (Å²) < 4.78 is 0.986. The van der Waals surface area contributed by atoms with Crippen molar-refractivity contribution < 1.29 is 0 Å². The Morgan fingerprint density at radius 1 is 1.33 bits per heavy atom. The van der Waals surface area contributed by atoms with Gasteiger partial charge >= 0.3 is 0 Å². The van der Waals surface area contributed by atoms with E-state index in [2.05, 4.69) is 38.3 Å². The fourth-order valence-electron chi connectivity index (χ4n) is 3.08. The number of benzene rings is 1. The molecule has 0 saturated carbocycles. The van der Waals surface area contributed by atoms with Crippen molar-refractivity contribution in [1.82, 2.24) is 5.32 Å². The van der Waals surface area contributed by atoms with Gasteiger partial charge in [0.05, 0.1) is 11.6 Å². The summed E-state index contributed by atoms with van der Waals surface area (Å²) in [6.07, 6.45) is 2.62. The monoisotopic (exact) mass is 305 g/mol. The topological polar surface area (TPSA) is 39.1 Å². The predicted molar refractivity (Wildman–Crippen MR) is 75.6 cm³/mol. The number of rotatable bonds is 1. The third kappa shape index (κ3) is 2.25. The van der Waals surface area contributed by atoms with E-state index < -0.39 is 0 Å². The first-order valence-corrected chi connectivity index (χ1v) is 7.24. The van der Waals surface area contributed by atoms with Crippen molar-refractivity contribution in [3.63, 3.8) is 0 Å². The molecule has 2 aliphatic rings. The van der Waals surface area contributed by atoms with Gasteiger partial charge in [0.15, 0.2) is 0 Å². The van der Waals surface area contributed by atoms with Crippen molar-refractivity contribution in [2.24, 2.45) is 5.92 Å². The summed E-state index contributed by atoms with van der Waals surface area (Å²) in [6.45, 7) is 3.32. The summed E-state index contributed by atoms with van der Waals surface area (Å²) in [5, 5.41) is 12.6. The van der Waals surface area contributed by atoms with E-state index in [9.17, 15) is 0 Å². The number of hydrogen-bond donors (Lipinski definition) is 1. The Balaban J connectivity index is 1.83. The Kier molecular flexibility index (Phi) is 3.27. The molecule has 94 valence electrons. The molecule has 2 aliphatic heterocycles. The second-order valence-corrected chi connectivity index (χ2v) is 6.09. The fraction of sp³-hybridized carbons (Fsp3) is 0.500. The van der Waals surface area contributed by atoms with Gasteiger partial charge in [0, 0.05) is 29.3 Å². The summed E-state index contributed by atoms with van der Waals surface area (Å²) in [6, 6.07) is 8.81. The quantitative estimate of drug-likeness (QED) is 0.866. The predicted octanol–water partition coefficient (Wildman–Crippen LogP) is 2.51. The van der Waals surface area contributed by atoms with Crippen LogP contribution < -0.4 is 10.2 Å². The lowest BCUT2D eigenvalue weighted by Crippen LogP contribution is -2.40. The zero-order chi connectivity index (χ0) is 12.5. The normalized spacial score (nSPS) is 26.8. The molecule has 0 unspecified atom stereocenters. The molecule has 1 aromatic carbocycles. The molecule has 1 N–H and O–H groups in total. The van der Waals surface area contributed by atoms with Gasteiger partial charge in [-0.15, -0.1) is 0 Å². The van der Waals surface area contributed by atoms with Gasteiger partial charge in [-0.25, -0.2) is 0 Å². The van der Waals surface area contributed by atoms with Crippen LogP contribution in [0.1, 0.15) is 18.4 Å². The van der Waals surface area contributed by atoms with Crippen LogP contribution in [0.2, 0.25) is 0 Å². The Labute approximate surface area is 116 Å². The molecular weight excluding hydrogens is 290 g/mol. The van der Waals surface area contributed by atoms with E-state index in [0.717, 1.165) is 41.3 Å². The summed E-state index contributed by atoms with van der Waals surface area (Å²) >= 11 is 3.48. The standard InChI is InChI=1S/C14H16BrN3/c15-12-4-10(7-16)5-13(6-12)18-8-11-2-1-3-17-14(11)9-18/h4-6,11,14,17H,1-3,8-9H2/t11-,14+/m0/s1. The Morgan fingerprint density at radius 3 is 3.00 bits per heavy atom. The first kappa shape index (κ1) is 12.0. The molecule has 2 heterocycles. The van der Waals surface area contributed by atoms with E-state index >= 15 is 0 Å². The van der Waals surface area contributed by atoms with Gasteiger partial charge in [0.2, 0.25) is 0 Å². The lowest BCUT2D eigenvalue weighted by molar-refractivity contribution is 0.340. The molecule has 0 amide bonds. The van der Waals surface area contributed by atoms with E-state index in [1.165, 1.54) is 12.8 Å². The number of piperidine rings is 1. The van der Waals surface area contributed by atoms with Crippen LogP contribution in [-0.2, 0) is 0 Å². The molecule has 1 aromatic rings. The van der Waals surface area contributed by atoms with Gasteiger partial charge in [-0.3, -0.25) is 0 Å². The maximum absolute atomic E-state index is 9.03. The minimum absolute atomic E-state index is 0.628. The number of hydrogen-bond acceptors (Lipinski definition) is 3. The molecule has 0 aromatic heterocycles. The van der Waals surface area contributed by atoms with E-state index in [4.69, 9.17) is 5.26 Å². The molecule has 3 rings (SSSR count). The van der Waals surface area contributed by atoms with Crippen molar-refractivity contribution in [2.75, 3.05) is 24.5 Å². The van der Waals surface area contributed by atoms with Crippen molar-refractivity contribution in [3.8, 4) is 6.07 Å². The van der Waals surface area contributed by atoms with E-state index in [1.54, 1.807) is 0 Å². The average Bonchev–Trinajstić information content (AvgIpc) is 2.81. The Morgan fingerprint density at radius 2 is 2.22 bits per heavy atom. The molecule has 2 fully saturated rings. The van der Waals surface area contributed by atoms with Gasteiger partial charge in [0.1, 0.15) is 0 Å². The zero-order valence-electron chi connectivity index (χ0n) is 10.2. The summed E-state index contributed by atoms with van der Waals surface area (Å²) in [7, 11) is 0. The Bertz CT molecular complexity index is 480. The molecule has 0 radical (unpaired) electrons. The molecule has 4 heteroatoms. The highest BCUT2D eigenvalue weighted by Gasteiger charge is 2.34. The summed E-state index contributed by atoms with van der Waals surface area (Å²) in [5.74, 6) is 0.767. The van der Waals surface area contributed by atoms with Crippen LogP contribution in [0.25, 0.3) is 0 Å². The van der Waals surface area contributed by atoms with Crippen LogP contribution in [0.4, 0.5) is 5.69 Å². The van der Waals surface area contributed by atoms with Crippen LogP contribution in [0.5, 0.6) is 0 Å². The summed E-state index contributed by atoms with van der Waals surface area (Å²) in [5.41, 5.74) is 1.89. The van der Waals surface area contributed by atoms with Gasteiger partial charge in [0.25, 0.3) is 0 Å². The number of nitrogens with one attached hydrogen (secondary N) is 1. The maximum Gasteiger partial charge on any atom is 0.0992 e. The third-order valence-corrected chi connectivity index (χ3v) is 4.43. The van der Waals surface area contributed by atoms with Gasteiger partial charge in [-0.2, -0.15) is 5.26 Å². The first-order valence-electron chi connectivity index (χ1n) is 6.45. The number of nitrogens with zero attached hydrogens (tertiary/aromatic N) is 2. The van der Waals surface area contributed by atoms with Crippen molar-refractivity contribution in [1.29, 1.82) is 5.26 Å². The van der Waals surface area contributed by atoms with Crippen molar-refractivity contribution >= 4 is 21.6 Å². The zero-order valence-corrected chi connectivity index (χ0v) is 11.8. The minimum atomic E-state index is 0.628. The van der Waals surface area contributed by atoms with Gasteiger partial charge in [-0.1, -0.05) is 15.9 Å². The highest BCUT2D eigenvalue weighted by molar-refractivity contribution is 9.10. The summed E-state index contributed by atoms with van der Waals surface area (Å²) in [4.78, 5) is 2.40. The Hall–Kier alpha value is -1.05. The van der Waals surface area contributed by atoms with Crippen molar-refractivity contribution in [3.05, 3.63) is 28.2 Å². The van der Waals surface area contributed by atoms with Crippen LogP contribution in [-0.4, -0.2) is 25.7 Å². The number of anilines is 1. The third-order valence-electron chi connectivity index (χ3n) is 3.98. The van der Waals surface area contributed by atoms with E-state index in [1.807, 2.05) is 12.1 Å². The second-order valence-electron chi connectivity index (χ2n) is 5.18. The van der Waals surface area contributed by atoms with E-state index in [-0.39, 0.29) is 0 Å². The SMILES string of the molecule is N#Cc1cc(Br)cc(N2C[C@@H]3CCCN[C@@H]3C2)c1.